The maximum absolute atomic E-state index is 11.4. The van der Waals surface area contributed by atoms with Gasteiger partial charge in [0, 0.05) is 10.6 Å². The van der Waals surface area contributed by atoms with Gasteiger partial charge in [-0.05, 0) is 37.4 Å². The van der Waals surface area contributed by atoms with Gasteiger partial charge in [0.1, 0.15) is 6.04 Å². The zero-order chi connectivity index (χ0) is 12.8. The fourth-order valence-electron chi connectivity index (χ4n) is 1.10. The smallest absolute Gasteiger partial charge is 0.325 e. The van der Waals surface area contributed by atoms with Gasteiger partial charge in [0.05, 0.1) is 0 Å². The Morgan fingerprint density at radius 3 is 2.35 bits per heavy atom. The maximum atomic E-state index is 11.4. The Hall–Kier alpha value is -1.69. The number of carbonyl (C=O) groups is 2. The summed E-state index contributed by atoms with van der Waals surface area (Å²) in [4.78, 5) is 23.0. The summed E-state index contributed by atoms with van der Waals surface area (Å²) in [6, 6.07) is 5.83. The van der Waals surface area contributed by atoms with E-state index in [1.54, 1.807) is 23.9 Å². The van der Waals surface area contributed by atoms with Crippen LogP contribution in [0.3, 0.4) is 0 Å². The van der Waals surface area contributed by atoms with Crippen molar-refractivity contribution < 1.29 is 14.7 Å². The fourth-order valence-corrected chi connectivity index (χ4v) is 1.51. The molecule has 0 aliphatic rings. The van der Waals surface area contributed by atoms with Crippen LogP contribution in [0.4, 0.5) is 10.5 Å². The largest absolute Gasteiger partial charge is 0.480 e. The van der Waals surface area contributed by atoms with Crippen LogP contribution in [-0.2, 0) is 4.79 Å². The lowest BCUT2D eigenvalue weighted by Gasteiger charge is -2.10. The van der Waals surface area contributed by atoms with E-state index in [-0.39, 0.29) is 0 Å². The lowest BCUT2D eigenvalue weighted by molar-refractivity contribution is -0.138. The van der Waals surface area contributed by atoms with E-state index in [0.29, 0.717) is 5.69 Å². The molecule has 1 rings (SSSR count). The van der Waals surface area contributed by atoms with E-state index in [1.165, 1.54) is 6.92 Å². The Labute approximate surface area is 104 Å². The molecule has 0 aliphatic heterocycles. The van der Waals surface area contributed by atoms with Gasteiger partial charge in [-0.3, -0.25) is 4.79 Å². The number of carboxylic acid groups (broad SMARTS) is 1. The highest BCUT2D eigenvalue weighted by atomic mass is 32.2. The van der Waals surface area contributed by atoms with Crippen molar-refractivity contribution in [1.82, 2.24) is 5.32 Å². The minimum atomic E-state index is -1.07. The summed E-state index contributed by atoms with van der Waals surface area (Å²) >= 11 is 1.60. The zero-order valence-corrected chi connectivity index (χ0v) is 10.4. The van der Waals surface area contributed by atoms with Gasteiger partial charge < -0.3 is 15.7 Å². The molecule has 92 valence electrons. The first-order chi connectivity index (χ1) is 8.02. The van der Waals surface area contributed by atoms with Crippen molar-refractivity contribution in [2.75, 3.05) is 11.6 Å². The Bertz CT molecular complexity index is 406. The summed E-state index contributed by atoms with van der Waals surface area (Å²) in [7, 11) is 0. The van der Waals surface area contributed by atoms with E-state index < -0.39 is 18.0 Å². The van der Waals surface area contributed by atoms with Crippen LogP contribution < -0.4 is 10.6 Å². The van der Waals surface area contributed by atoms with Crippen molar-refractivity contribution in [1.29, 1.82) is 0 Å². The summed E-state index contributed by atoms with van der Waals surface area (Å²) in [5, 5.41) is 13.5. The standard InChI is InChI=1S/C11H14N2O3S/c1-7(10(14)15)12-11(16)13-8-3-5-9(17-2)6-4-8/h3-7H,1-2H3,(H,14,15)(H2,12,13,16)/t7-/m1/s1. The molecule has 1 aromatic carbocycles. The van der Waals surface area contributed by atoms with Gasteiger partial charge in [-0.25, -0.2) is 4.79 Å². The van der Waals surface area contributed by atoms with Crippen molar-refractivity contribution in [3.8, 4) is 0 Å². The molecule has 0 saturated heterocycles. The number of hydrogen-bond acceptors (Lipinski definition) is 3. The quantitative estimate of drug-likeness (QED) is 0.718. The molecule has 1 aromatic rings. The average molecular weight is 254 g/mol. The number of hydrogen-bond donors (Lipinski definition) is 3. The average Bonchev–Trinajstić information content (AvgIpc) is 2.29. The molecule has 0 bridgehead atoms. The lowest BCUT2D eigenvalue weighted by atomic mass is 10.3. The Morgan fingerprint density at radius 2 is 1.88 bits per heavy atom. The van der Waals surface area contributed by atoms with Crippen LogP contribution >= 0.6 is 11.8 Å². The second-order valence-electron chi connectivity index (χ2n) is 3.39. The van der Waals surface area contributed by atoms with Crippen molar-refractivity contribution in [2.45, 2.75) is 17.9 Å². The van der Waals surface area contributed by atoms with E-state index >= 15 is 0 Å². The second kappa shape index (κ2) is 6.15. The summed E-state index contributed by atoms with van der Waals surface area (Å²) < 4.78 is 0. The van der Waals surface area contributed by atoms with Gasteiger partial charge in [-0.1, -0.05) is 0 Å². The molecule has 5 nitrogen and oxygen atoms in total. The van der Waals surface area contributed by atoms with Gasteiger partial charge in [0.15, 0.2) is 0 Å². The number of aliphatic carboxylic acids is 1. The summed E-state index contributed by atoms with van der Waals surface area (Å²) in [6.07, 6.45) is 1.96. The molecule has 17 heavy (non-hydrogen) atoms. The van der Waals surface area contributed by atoms with Gasteiger partial charge in [0.2, 0.25) is 0 Å². The minimum absolute atomic E-state index is 0.531. The first-order valence-corrected chi connectivity index (χ1v) is 6.20. The molecule has 6 heteroatoms. The first-order valence-electron chi connectivity index (χ1n) is 4.97. The molecule has 0 spiro atoms. The van der Waals surface area contributed by atoms with Crippen LogP contribution in [0.2, 0.25) is 0 Å². The molecule has 0 radical (unpaired) electrons. The summed E-state index contributed by atoms with van der Waals surface area (Å²) in [5.41, 5.74) is 0.623. The summed E-state index contributed by atoms with van der Waals surface area (Å²) in [5.74, 6) is -1.07. The van der Waals surface area contributed by atoms with Gasteiger partial charge in [0.25, 0.3) is 0 Å². The number of benzene rings is 1. The summed E-state index contributed by atoms with van der Waals surface area (Å²) in [6.45, 7) is 1.40. The van der Waals surface area contributed by atoms with Crippen LogP contribution in [0.1, 0.15) is 6.92 Å². The Morgan fingerprint density at radius 1 is 1.29 bits per heavy atom. The topological polar surface area (TPSA) is 78.4 Å². The highest BCUT2D eigenvalue weighted by Gasteiger charge is 2.13. The Kier molecular flexibility index (Phi) is 4.84. The number of nitrogens with one attached hydrogen (secondary N) is 2. The third-order valence-electron chi connectivity index (χ3n) is 2.07. The number of rotatable bonds is 4. The van der Waals surface area contributed by atoms with Crippen molar-refractivity contribution in [2.24, 2.45) is 0 Å². The second-order valence-corrected chi connectivity index (χ2v) is 4.27. The van der Waals surface area contributed by atoms with E-state index in [4.69, 9.17) is 5.11 Å². The predicted molar refractivity (Wildman–Crippen MR) is 67.5 cm³/mol. The number of thioether (sulfide) groups is 1. The molecule has 0 aromatic heterocycles. The highest BCUT2D eigenvalue weighted by Crippen LogP contribution is 2.17. The molecular formula is C11H14N2O3S. The van der Waals surface area contributed by atoms with Crippen molar-refractivity contribution in [3.05, 3.63) is 24.3 Å². The van der Waals surface area contributed by atoms with E-state index in [9.17, 15) is 9.59 Å². The number of amides is 2. The van der Waals surface area contributed by atoms with Crippen LogP contribution in [0, 0.1) is 0 Å². The molecule has 0 unspecified atom stereocenters. The predicted octanol–water partition coefficient (Wildman–Crippen LogP) is 2.00. The van der Waals surface area contributed by atoms with Crippen LogP contribution in [0.15, 0.2) is 29.2 Å². The number of carbonyl (C=O) groups excluding carboxylic acids is 1. The molecular weight excluding hydrogens is 240 g/mol. The molecule has 3 N–H and O–H groups in total. The minimum Gasteiger partial charge on any atom is -0.480 e. The SMILES string of the molecule is CSc1ccc(NC(=O)N[C@H](C)C(=O)O)cc1. The van der Waals surface area contributed by atoms with Crippen LogP contribution in [0.5, 0.6) is 0 Å². The highest BCUT2D eigenvalue weighted by molar-refractivity contribution is 7.98. The maximum Gasteiger partial charge on any atom is 0.325 e. The fraction of sp³-hybridized carbons (Fsp3) is 0.273. The van der Waals surface area contributed by atoms with E-state index in [0.717, 1.165) is 4.90 Å². The third-order valence-corrected chi connectivity index (χ3v) is 2.81. The first kappa shape index (κ1) is 13.4. The number of carboxylic acids is 1. The zero-order valence-electron chi connectivity index (χ0n) is 9.56. The normalized spacial score (nSPS) is 11.6. The molecule has 0 heterocycles. The van der Waals surface area contributed by atoms with Crippen molar-refractivity contribution in [3.63, 3.8) is 0 Å². The van der Waals surface area contributed by atoms with Crippen LogP contribution in [-0.4, -0.2) is 29.4 Å². The molecule has 0 fully saturated rings. The van der Waals surface area contributed by atoms with Crippen LogP contribution in [0.25, 0.3) is 0 Å². The molecule has 0 aliphatic carbocycles. The van der Waals surface area contributed by atoms with Crippen molar-refractivity contribution >= 4 is 29.4 Å². The number of anilines is 1. The third kappa shape index (κ3) is 4.36. The Balaban J connectivity index is 2.53. The number of urea groups is 1. The van der Waals surface area contributed by atoms with E-state index in [2.05, 4.69) is 10.6 Å². The lowest BCUT2D eigenvalue weighted by Crippen LogP contribution is -2.40. The molecule has 0 saturated carbocycles. The molecule has 2 amide bonds. The van der Waals surface area contributed by atoms with Gasteiger partial charge >= 0.3 is 12.0 Å². The van der Waals surface area contributed by atoms with Gasteiger partial charge in [-0.2, -0.15) is 0 Å². The molecule has 1 atom stereocenters. The van der Waals surface area contributed by atoms with Gasteiger partial charge in [-0.15, -0.1) is 11.8 Å². The van der Waals surface area contributed by atoms with E-state index in [1.807, 2.05) is 18.4 Å². The monoisotopic (exact) mass is 254 g/mol.